The van der Waals surface area contributed by atoms with Gasteiger partial charge in [-0.15, -0.1) is 0 Å². The van der Waals surface area contributed by atoms with E-state index in [0.29, 0.717) is 12.2 Å². The van der Waals surface area contributed by atoms with Gasteiger partial charge in [-0.3, -0.25) is 4.79 Å². The van der Waals surface area contributed by atoms with Gasteiger partial charge in [-0.2, -0.15) is 0 Å². The first-order valence-electron chi connectivity index (χ1n) is 11.1. The molecule has 0 aliphatic heterocycles. The van der Waals surface area contributed by atoms with E-state index in [4.69, 9.17) is 4.98 Å². The Morgan fingerprint density at radius 1 is 1.00 bits per heavy atom. The Balaban J connectivity index is 1.51. The summed E-state index contributed by atoms with van der Waals surface area (Å²) in [5.41, 5.74) is 3.79. The van der Waals surface area contributed by atoms with Crippen molar-refractivity contribution in [1.82, 2.24) is 9.97 Å². The summed E-state index contributed by atoms with van der Waals surface area (Å²) >= 11 is 2.27. The number of aromatic nitrogens is 2. The third-order valence-corrected chi connectivity index (χ3v) is 6.68. The van der Waals surface area contributed by atoms with Gasteiger partial charge in [0.05, 0.1) is 24.0 Å². The van der Waals surface area contributed by atoms with E-state index < -0.39 is 0 Å². The molecule has 3 aromatic rings. The molecule has 1 aromatic heterocycles. The van der Waals surface area contributed by atoms with Gasteiger partial charge >= 0.3 is 0 Å². The molecule has 1 N–H and O–H groups in total. The summed E-state index contributed by atoms with van der Waals surface area (Å²) < 4.78 is 1.16. The van der Waals surface area contributed by atoms with Gasteiger partial charge < -0.3 is 5.32 Å². The quantitative estimate of drug-likeness (QED) is 0.361. The van der Waals surface area contributed by atoms with Crippen LogP contribution in [0.2, 0.25) is 0 Å². The Morgan fingerprint density at radius 3 is 2.48 bits per heavy atom. The predicted molar refractivity (Wildman–Crippen MR) is 134 cm³/mol. The molecule has 1 aliphatic rings. The molecule has 4 rings (SSSR count). The maximum Gasteiger partial charge on any atom is 0.229 e. The van der Waals surface area contributed by atoms with Gasteiger partial charge in [0, 0.05) is 9.13 Å². The molecule has 1 fully saturated rings. The van der Waals surface area contributed by atoms with Gasteiger partial charge in [-0.1, -0.05) is 74.6 Å². The van der Waals surface area contributed by atoms with E-state index in [9.17, 15) is 4.79 Å². The lowest BCUT2D eigenvalue weighted by atomic mass is 9.86. The molecule has 160 valence electrons. The Bertz CT molecular complexity index is 999. The fraction of sp³-hybridized carbons (Fsp3) is 0.346. The molecule has 0 saturated heterocycles. The van der Waals surface area contributed by atoms with Crippen LogP contribution in [0.4, 0.5) is 5.82 Å². The summed E-state index contributed by atoms with van der Waals surface area (Å²) in [6.45, 7) is 0. The van der Waals surface area contributed by atoms with Gasteiger partial charge in [-0.05, 0) is 59.0 Å². The van der Waals surface area contributed by atoms with Crippen LogP contribution in [0, 0.1) is 9.49 Å². The minimum Gasteiger partial charge on any atom is -0.309 e. The number of amides is 1. The molecule has 1 amide bonds. The normalized spacial score (nSPS) is 14.4. The van der Waals surface area contributed by atoms with Crippen LogP contribution >= 0.6 is 22.6 Å². The Labute approximate surface area is 198 Å². The minimum atomic E-state index is -0.0538. The van der Waals surface area contributed by atoms with Crippen LogP contribution in [0.1, 0.15) is 49.8 Å². The number of carbonyl (C=O) groups excluding carboxylic acids is 1. The highest BCUT2D eigenvalue weighted by molar-refractivity contribution is 14.1. The molecule has 4 nitrogen and oxygen atoms in total. The lowest BCUT2D eigenvalue weighted by Crippen LogP contribution is -2.18. The second kappa shape index (κ2) is 10.8. The first kappa shape index (κ1) is 21.9. The van der Waals surface area contributed by atoms with E-state index in [1.54, 1.807) is 6.20 Å². The molecule has 0 atom stereocenters. The van der Waals surface area contributed by atoms with Gasteiger partial charge in [-0.25, -0.2) is 9.97 Å². The van der Waals surface area contributed by atoms with Crippen molar-refractivity contribution < 1.29 is 4.79 Å². The second-order valence-electron chi connectivity index (χ2n) is 8.31. The van der Waals surface area contributed by atoms with Crippen LogP contribution in [0.3, 0.4) is 0 Å². The largest absolute Gasteiger partial charge is 0.309 e. The van der Waals surface area contributed by atoms with Crippen molar-refractivity contribution in [2.24, 2.45) is 5.92 Å². The van der Waals surface area contributed by atoms with E-state index in [-0.39, 0.29) is 5.91 Å². The van der Waals surface area contributed by atoms with Crippen LogP contribution in [-0.2, 0) is 17.6 Å². The van der Waals surface area contributed by atoms with Gasteiger partial charge in [0.1, 0.15) is 0 Å². The number of nitrogens with one attached hydrogen (secondary N) is 1. The maximum absolute atomic E-state index is 12.7. The molecule has 1 aliphatic carbocycles. The molecule has 1 saturated carbocycles. The summed E-state index contributed by atoms with van der Waals surface area (Å²) in [7, 11) is 0. The second-order valence-corrected chi connectivity index (χ2v) is 9.56. The molecule has 0 bridgehead atoms. The monoisotopic (exact) mass is 525 g/mol. The minimum absolute atomic E-state index is 0.0538. The van der Waals surface area contributed by atoms with Crippen LogP contribution in [0.15, 0.2) is 60.8 Å². The Morgan fingerprint density at radius 2 is 1.74 bits per heavy atom. The fourth-order valence-electron chi connectivity index (χ4n) is 4.23. The maximum atomic E-state index is 12.7. The average molecular weight is 525 g/mol. The fourth-order valence-corrected chi connectivity index (χ4v) is 4.59. The Hall–Kier alpha value is -2.28. The van der Waals surface area contributed by atoms with E-state index in [2.05, 4.69) is 32.9 Å². The molecule has 2 aromatic carbocycles. The van der Waals surface area contributed by atoms with E-state index >= 15 is 0 Å². The van der Waals surface area contributed by atoms with Gasteiger partial charge in [0.15, 0.2) is 5.82 Å². The molecular weight excluding hydrogens is 497 g/mol. The number of benzene rings is 2. The summed E-state index contributed by atoms with van der Waals surface area (Å²) in [6, 6.07) is 18.1. The molecule has 31 heavy (non-hydrogen) atoms. The molecule has 0 unspecified atom stereocenters. The Kier molecular flexibility index (Phi) is 7.67. The highest BCUT2D eigenvalue weighted by atomic mass is 127. The molecular formula is C26H28IN3O. The smallest absolute Gasteiger partial charge is 0.229 e. The number of carbonyl (C=O) groups is 1. The van der Waals surface area contributed by atoms with Crippen molar-refractivity contribution in [2.45, 2.75) is 51.4 Å². The zero-order valence-electron chi connectivity index (χ0n) is 17.7. The zero-order valence-corrected chi connectivity index (χ0v) is 19.8. The van der Waals surface area contributed by atoms with Crippen LogP contribution in [-0.4, -0.2) is 15.9 Å². The topological polar surface area (TPSA) is 54.9 Å². The lowest BCUT2D eigenvalue weighted by Gasteiger charge is -2.21. The number of rotatable bonds is 7. The highest BCUT2D eigenvalue weighted by Gasteiger charge is 2.17. The first-order chi connectivity index (χ1) is 15.2. The van der Waals surface area contributed by atoms with E-state index in [1.807, 2.05) is 54.6 Å². The van der Waals surface area contributed by atoms with Crippen molar-refractivity contribution >= 4 is 34.3 Å². The number of aryl methyl sites for hydroxylation is 1. The lowest BCUT2D eigenvalue weighted by molar-refractivity contribution is -0.115. The van der Waals surface area contributed by atoms with Crippen molar-refractivity contribution in [3.8, 4) is 11.3 Å². The third kappa shape index (κ3) is 6.35. The third-order valence-electron chi connectivity index (χ3n) is 5.96. The number of anilines is 1. The standard InChI is InChI=1S/C26H28IN3O/c27-22-14-11-20(12-15-22)17-25(31)30-26-23(16-13-19-7-3-1-4-8-19)29-24(18-28-26)21-9-5-2-6-10-21/h2,5-6,9-12,14-15,18-19H,1,3-4,7-8,13,16-17H2,(H,28,30,31). The molecule has 0 spiro atoms. The summed E-state index contributed by atoms with van der Waals surface area (Å²) in [5, 5.41) is 3.03. The molecule has 1 heterocycles. The highest BCUT2D eigenvalue weighted by Crippen LogP contribution is 2.29. The zero-order chi connectivity index (χ0) is 21.5. The molecule has 0 radical (unpaired) electrons. The number of hydrogen-bond acceptors (Lipinski definition) is 3. The van der Waals surface area contributed by atoms with Crippen LogP contribution in [0.5, 0.6) is 0 Å². The van der Waals surface area contributed by atoms with E-state index in [1.165, 1.54) is 32.1 Å². The van der Waals surface area contributed by atoms with Crippen molar-refractivity contribution in [2.75, 3.05) is 5.32 Å². The van der Waals surface area contributed by atoms with Gasteiger partial charge in [0.25, 0.3) is 0 Å². The number of hydrogen-bond donors (Lipinski definition) is 1. The summed E-state index contributed by atoms with van der Waals surface area (Å²) in [6.07, 6.45) is 10.7. The predicted octanol–water partition coefficient (Wildman–Crippen LogP) is 6.44. The van der Waals surface area contributed by atoms with Crippen molar-refractivity contribution in [3.63, 3.8) is 0 Å². The van der Waals surface area contributed by atoms with Crippen molar-refractivity contribution in [1.29, 1.82) is 0 Å². The summed E-state index contributed by atoms with van der Waals surface area (Å²) in [4.78, 5) is 22.2. The van der Waals surface area contributed by atoms with Crippen LogP contribution < -0.4 is 5.32 Å². The van der Waals surface area contributed by atoms with E-state index in [0.717, 1.165) is 44.8 Å². The van der Waals surface area contributed by atoms with Crippen LogP contribution in [0.25, 0.3) is 11.3 Å². The first-order valence-corrected chi connectivity index (χ1v) is 12.2. The number of nitrogens with zero attached hydrogens (tertiary/aromatic N) is 2. The van der Waals surface area contributed by atoms with Crippen molar-refractivity contribution in [3.05, 3.63) is 75.6 Å². The SMILES string of the molecule is O=C(Cc1ccc(I)cc1)Nc1ncc(-c2ccccc2)nc1CCC1CCCCC1. The van der Waals surface area contributed by atoms with Gasteiger partial charge in [0.2, 0.25) is 5.91 Å². The number of halogens is 1. The average Bonchev–Trinajstić information content (AvgIpc) is 2.81. The molecule has 5 heteroatoms. The summed E-state index contributed by atoms with van der Waals surface area (Å²) in [5.74, 6) is 1.30.